The summed E-state index contributed by atoms with van der Waals surface area (Å²) in [5.74, 6) is 0.288. The fourth-order valence-corrected chi connectivity index (χ4v) is 3.32. The summed E-state index contributed by atoms with van der Waals surface area (Å²) in [5.41, 5.74) is -0.142. The average molecular weight is 299 g/mol. The summed E-state index contributed by atoms with van der Waals surface area (Å²) in [7, 11) is -3.82. The van der Waals surface area contributed by atoms with Gasteiger partial charge in [0.25, 0.3) is 15.8 Å². The van der Waals surface area contributed by atoms with Crippen LogP contribution in [0.1, 0.15) is 32.1 Å². The molecule has 0 amide bonds. The van der Waals surface area contributed by atoms with Gasteiger partial charge in [-0.1, -0.05) is 19.3 Å². The van der Waals surface area contributed by atoms with Gasteiger partial charge in [0.05, 0.1) is 16.4 Å². The van der Waals surface area contributed by atoms with Gasteiger partial charge in [0.15, 0.2) is 0 Å². The van der Waals surface area contributed by atoms with E-state index in [9.17, 15) is 18.5 Å². The molecule has 7 heteroatoms. The number of nitrogens with zero attached hydrogens (tertiary/aromatic N) is 1. The molecule has 0 unspecified atom stereocenters. The van der Waals surface area contributed by atoms with E-state index in [1.165, 1.54) is 18.6 Å². The van der Waals surface area contributed by atoms with Crippen molar-refractivity contribution in [3.8, 4) is 0 Å². The maximum atomic E-state index is 12.0. The molecule has 0 aromatic heterocycles. The van der Waals surface area contributed by atoms with Gasteiger partial charge in [-0.15, -0.1) is 0 Å². The normalized spacial score (nSPS) is 17.0. The lowest BCUT2D eigenvalue weighted by Gasteiger charge is -2.20. The number of non-ortho nitro benzene ring substituents is 1. The molecule has 1 fully saturated rings. The Hall–Kier alpha value is -1.47. The first-order chi connectivity index (χ1) is 9.49. The van der Waals surface area contributed by atoms with Crippen molar-refractivity contribution in [2.75, 3.05) is 6.61 Å². The summed E-state index contributed by atoms with van der Waals surface area (Å²) in [6.07, 6.45) is 5.42. The highest BCUT2D eigenvalue weighted by Crippen LogP contribution is 2.25. The van der Waals surface area contributed by atoms with E-state index in [4.69, 9.17) is 4.18 Å². The second-order valence-corrected chi connectivity index (χ2v) is 6.61. The van der Waals surface area contributed by atoms with Gasteiger partial charge in [-0.05, 0) is 30.9 Å². The Morgan fingerprint density at radius 3 is 2.30 bits per heavy atom. The molecule has 0 spiro atoms. The first-order valence-electron chi connectivity index (χ1n) is 6.63. The van der Waals surface area contributed by atoms with Gasteiger partial charge in [0, 0.05) is 12.1 Å². The molecular weight excluding hydrogens is 282 g/mol. The molecule has 0 N–H and O–H groups in total. The molecule has 1 saturated carbocycles. The van der Waals surface area contributed by atoms with E-state index in [1.807, 2.05) is 0 Å². The second-order valence-electron chi connectivity index (χ2n) is 4.99. The number of benzene rings is 1. The zero-order valence-electron chi connectivity index (χ0n) is 11.0. The van der Waals surface area contributed by atoms with Crippen molar-refractivity contribution in [1.29, 1.82) is 0 Å². The lowest BCUT2D eigenvalue weighted by Crippen LogP contribution is -2.17. The third-order valence-electron chi connectivity index (χ3n) is 3.52. The second kappa shape index (κ2) is 6.32. The third kappa shape index (κ3) is 3.77. The maximum Gasteiger partial charge on any atom is 0.296 e. The Morgan fingerprint density at radius 1 is 1.15 bits per heavy atom. The van der Waals surface area contributed by atoms with Crippen LogP contribution in [-0.4, -0.2) is 19.9 Å². The van der Waals surface area contributed by atoms with Crippen LogP contribution in [0.25, 0.3) is 0 Å². The third-order valence-corrected chi connectivity index (χ3v) is 4.82. The van der Waals surface area contributed by atoms with Crippen molar-refractivity contribution < 1.29 is 17.5 Å². The van der Waals surface area contributed by atoms with Crippen LogP contribution in [0.15, 0.2) is 29.2 Å². The summed E-state index contributed by atoms with van der Waals surface area (Å²) in [4.78, 5) is 9.91. The van der Waals surface area contributed by atoms with Crippen LogP contribution in [0.2, 0.25) is 0 Å². The Kier molecular flexibility index (Phi) is 4.72. The van der Waals surface area contributed by atoms with Crippen molar-refractivity contribution in [3.05, 3.63) is 34.4 Å². The van der Waals surface area contributed by atoms with Crippen LogP contribution in [0.4, 0.5) is 5.69 Å². The van der Waals surface area contributed by atoms with Crippen molar-refractivity contribution >= 4 is 15.8 Å². The van der Waals surface area contributed by atoms with Crippen LogP contribution in [0.5, 0.6) is 0 Å². The smallest absolute Gasteiger partial charge is 0.266 e. The topological polar surface area (TPSA) is 86.5 Å². The SMILES string of the molecule is O=[N+]([O-])c1ccc(S(=O)(=O)OCC2CCCCC2)cc1. The summed E-state index contributed by atoms with van der Waals surface area (Å²) in [5, 5.41) is 10.5. The van der Waals surface area contributed by atoms with E-state index in [0.29, 0.717) is 0 Å². The van der Waals surface area contributed by atoms with Gasteiger partial charge >= 0.3 is 0 Å². The molecule has 20 heavy (non-hydrogen) atoms. The monoisotopic (exact) mass is 299 g/mol. The lowest BCUT2D eigenvalue weighted by atomic mass is 9.90. The van der Waals surface area contributed by atoms with Gasteiger partial charge in [0.1, 0.15) is 0 Å². The number of rotatable bonds is 5. The van der Waals surface area contributed by atoms with Crippen LogP contribution in [0.3, 0.4) is 0 Å². The summed E-state index contributed by atoms with van der Waals surface area (Å²) in [6, 6.07) is 4.73. The Bertz CT molecular complexity index is 561. The predicted molar refractivity (Wildman–Crippen MR) is 72.8 cm³/mol. The fourth-order valence-electron chi connectivity index (χ4n) is 2.34. The molecule has 1 aliphatic carbocycles. The highest BCUT2D eigenvalue weighted by Gasteiger charge is 2.20. The van der Waals surface area contributed by atoms with Crippen molar-refractivity contribution in [1.82, 2.24) is 0 Å². The Morgan fingerprint density at radius 2 is 1.75 bits per heavy atom. The molecule has 0 saturated heterocycles. The van der Waals surface area contributed by atoms with E-state index < -0.39 is 15.0 Å². The van der Waals surface area contributed by atoms with Crippen LogP contribution in [-0.2, 0) is 14.3 Å². The molecule has 0 aliphatic heterocycles. The molecule has 6 nitrogen and oxygen atoms in total. The average Bonchev–Trinajstić information content (AvgIpc) is 2.46. The van der Waals surface area contributed by atoms with Gasteiger partial charge in [-0.25, -0.2) is 0 Å². The minimum atomic E-state index is -3.82. The minimum Gasteiger partial charge on any atom is -0.266 e. The number of hydrogen-bond donors (Lipinski definition) is 0. The molecule has 1 aromatic carbocycles. The van der Waals surface area contributed by atoms with Crippen LogP contribution < -0.4 is 0 Å². The highest BCUT2D eigenvalue weighted by atomic mass is 32.2. The summed E-state index contributed by atoms with van der Waals surface area (Å²) >= 11 is 0. The zero-order chi connectivity index (χ0) is 14.6. The molecule has 0 radical (unpaired) electrons. The van der Waals surface area contributed by atoms with Gasteiger partial charge < -0.3 is 0 Å². The lowest BCUT2D eigenvalue weighted by molar-refractivity contribution is -0.384. The van der Waals surface area contributed by atoms with E-state index >= 15 is 0 Å². The largest absolute Gasteiger partial charge is 0.296 e. The zero-order valence-corrected chi connectivity index (χ0v) is 11.8. The fraction of sp³-hybridized carbons (Fsp3) is 0.538. The molecule has 1 aromatic rings. The van der Waals surface area contributed by atoms with E-state index in [1.54, 1.807) is 0 Å². The van der Waals surface area contributed by atoms with Gasteiger partial charge in [-0.3, -0.25) is 14.3 Å². The molecule has 110 valence electrons. The summed E-state index contributed by atoms with van der Waals surface area (Å²) < 4.78 is 29.0. The molecule has 1 aliphatic rings. The minimum absolute atomic E-state index is 0.0427. The summed E-state index contributed by atoms with van der Waals surface area (Å²) in [6.45, 7) is 0.194. The van der Waals surface area contributed by atoms with Gasteiger partial charge in [0.2, 0.25) is 0 Å². The number of hydrogen-bond acceptors (Lipinski definition) is 5. The number of nitro groups is 1. The first kappa shape index (κ1) is 14.9. The van der Waals surface area contributed by atoms with E-state index in [0.717, 1.165) is 37.8 Å². The van der Waals surface area contributed by atoms with E-state index in [-0.39, 0.29) is 23.1 Å². The standard InChI is InChI=1S/C13H17NO5S/c15-14(16)12-6-8-13(9-7-12)20(17,18)19-10-11-4-2-1-3-5-11/h6-9,11H,1-5,10H2. The number of nitro benzene ring substituents is 1. The van der Waals surface area contributed by atoms with Gasteiger partial charge in [-0.2, -0.15) is 8.42 Å². The molecule has 0 bridgehead atoms. The molecular formula is C13H17NO5S. The Balaban J connectivity index is 2.00. The van der Waals surface area contributed by atoms with Crippen molar-refractivity contribution in [3.63, 3.8) is 0 Å². The predicted octanol–water partition coefficient (Wildman–Crippen LogP) is 2.88. The van der Waals surface area contributed by atoms with Crippen LogP contribution in [0, 0.1) is 16.0 Å². The highest BCUT2D eigenvalue weighted by molar-refractivity contribution is 7.86. The maximum absolute atomic E-state index is 12.0. The quantitative estimate of drug-likeness (QED) is 0.474. The van der Waals surface area contributed by atoms with Crippen molar-refractivity contribution in [2.24, 2.45) is 5.92 Å². The van der Waals surface area contributed by atoms with E-state index in [2.05, 4.69) is 0 Å². The molecule has 0 heterocycles. The van der Waals surface area contributed by atoms with Crippen LogP contribution >= 0.6 is 0 Å². The first-order valence-corrected chi connectivity index (χ1v) is 8.04. The molecule has 0 atom stereocenters. The molecule has 2 rings (SSSR count). The Labute approximate surface area is 118 Å². The van der Waals surface area contributed by atoms with Crippen molar-refractivity contribution in [2.45, 2.75) is 37.0 Å².